The number of furan rings is 1. The number of para-hydroxylation sites is 1. The number of rotatable bonds is 1. The summed E-state index contributed by atoms with van der Waals surface area (Å²) in [7, 11) is 0. The van der Waals surface area contributed by atoms with Crippen molar-refractivity contribution in [2.45, 2.75) is 25.7 Å². The van der Waals surface area contributed by atoms with E-state index in [1.807, 2.05) is 30.3 Å². The van der Waals surface area contributed by atoms with E-state index in [0.717, 1.165) is 41.6 Å². The SMILES string of the molecule is O=C1C=C(c2cc3ccccc3o2)CCCC1. The van der Waals surface area contributed by atoms with Gasteiger partial charge in [0.15, 0.2) is 5.78 Å². The predicted molar refractivity (Wildman–Crippen MR) is 67.7 cm³/mol. The lowest BCUT2D eigenvalue weighted by atomic mass is 10.1. The average molecular weight is 226 g/mol. The molecule has 86 valence electrons. The molecule has 17 heavy (non-hydrogen) atoms. The molecule has 0 unspecified atom stereocenters. The summed E-state index contributed by atoms with van der Waals surface area (Å²) in [6, 6.07) is 9.97. The van der Waals surface area contributed by atoms with Crippen molar-refractivity contribution in [1.29, 1.82) is 0 Å². The Hall–Kier alpha value is -1.83. The fraction of sp³-hybridized carbons (Fsp3) is 0.267. The van der Waals surface area contributed by atoms with Gasteiger partial charge in [-0.1, -0.05) is 18.2 Å². The number of fused-ring (bicyclic) bond motifs is 1. The van der Waals surface area contributed by atoms with Crippen LogP contribution in [0.4, 0.5) is 0 Å². The molecule has 1 aromatic carbocycles. The first-order chi connectivity index (χ1) is 8.33. The van der Waals surface area contributed by atoms with E-state index in [9.17, 15) is 4.79 Å². The Balaban J connectivity index is 2.05. The summed E-state index contributed by atoms with van der Waals surface area (Å²) >= 11 is 0. The Morgan fingerprint density at radius 3 is 2.76 bits per heavy atom. The highest BCUT2D eigenvalue weighted by molar-refractivity contribution is 5.97. The van der Waals surface area contributed by atoms with E-state index in [2.05, 4.69) is 0 Å². The Morgan fingerprint density at radius 2 is 1.88 bits per heavy atom. The van der Waals surface area contributed by atoms with Crippen molar-refractivity contribution in [1.82, 2.24) is 0 Å². The molecule has 0 saturated carbocycles. The zero-order chi connectivity index (χ0) is 11.7. The third-order valence-electron chi connectivity index (χ3n) is 3.20. The first-order valence-corrected chi connectivity index (χ1v) is 6.05. The molecule has 1 aliphatic rings. The lowest BCUT2D eigenvalue weighted by Crippen LogP contribution is -1.89. The van der Waals surface area contributed by atoms with E-state index in [1.165, 1.54) is 0 Å². The summed E-state index contributed by atoms with van der Waals surface area (Å²) in [5, 5.41) is 1.10. The molecule has 0 radical (unpaired) electrons. The Morgan fingerprint density at radius 1 is 1.06 bits per heavy atom. The predicted octanol–water partition coefficient (Wildman–Crippen LogP) is 3.96. The smallest absolute Gasteiger partial charge is 0.156 e. The zero-order valence-electron chi connectivity index (χ0n) is 9.61. The fourth-order valence-electron chi connectivity index (χ4n) is 2.29. The van der Waals surface area contributed by atoms with E-state index in [-0.39, 0.29) is 5.78 Å². The molecule has 1 heterocycles. The van der Waals surface area contributed by atoms with Crippen molar-refractivity contribution < 1.29 is 9.21 Å². The minimum Gasteiger partial charge on any atom is -0.456 e. The molecule has 0 bridgehead atoms. The summed E-state index contributed by atoms with van der Waals surface area (Å²) in [6.45, 7) is 0. The van der Waals surface area contributed by atoms with Gasteiger partial charge in [0.05, 0.1) is 0 Å². The van der Waals surface area contributed by atoms with Crippen LogP contribution in [0.5, 0.6) is 0 Å². The van der Waals surface area contributed by atoms with Gasteiger partial charge in [0, 0.05) is 11.8 Å². The van der Waals surface area contributed by atoms with Gasteiger partial charge < -0.3 is 4.42 Å². The molecule has 0 spiro atoms. The van der Waals surface area contributed by atoms with Crippen LogP contribution in [0, 0.1) is 0 Å². The van der Waals surface area contributed by atoms with Crippen molar-refractivity contribution in [3.8, 4) is 0 Å². The molecule has 0 aliphatic heterocycles. The highest BCUT2D eigenvalue weighted by Crippen LogP contribution is 2.29. The topological polar surface area (TPSA) is 30.2 Å². The quantitative estimate of drug-likeness (QED) is 0.736. The van der Waals surface area contributed by atoms with Crippen LogP contribution in [0.3, 0.4) is 0 Å². The molecule has 3 rings (SSSR count). The van der Waals surface area contributed by atoms with Gasteiger partial charge in [-0.05, 0) is 43.0 Å². The summed E-state index contributed by atoms with van der Waals surface area (Å²) in [5.74, 6) is 1.07. The monoisotopic (exact) mass is 226 g/mol. The van der Waals surface area contributed by atoms with Crippen LogP contribution in [0.2, 0.25) is 0 Å². The van der Waals surface area contributed by atoms with Gasteiger partial charge in [0.1, 0.15) is 11.3 Å². The molecule has 0 N–H and O–H groups in total. The Labute approximate surface area is 99.9 Å². The Kier molecular flexibility index (Phi) is 2.56. The maximum atomic E-state index is 11.6. The largest absolute Gasteiger partial charge is 0.456 e. The molecular weight excluding hydrogens is 212 g/mol. The van der Waals surface area contributed by atoms with Gasteiger partial charge >= 0.3 is 0 Å². The molecule has 0 fully saturated rings. The van der Waals surface area contributed by atoms with Crippen LogP contribution in [-0.4, -0.2) is 5.78 Å². The van der Waals surface area contributed by atoms with Gasteiger partial charge in [0.2, 0.25) is 0 Å². The summed E-state index contributed by atoms with van der Waals surface area (Å²) in [6.07, 6.45) is 5.41. The summed E-state index contributed by atoms with van der Waals surface area (Å²) in [4.78, 5) is 11.6. The van der Waals surface area contributed by atoms with Crippen molar-refractivity contribution in [2.75, 3.05) is 0 Å². The minimum atomic E-state index is 0.220. The molecule has 0 amide bonds. The van der Waals surface area contributed by atoms with Crippen LogP contribution in [-0.2, 0) is 4.79 Å². The Bertz CT molecular complexity index is 557. The maximum Gasteiger partial charge on any atom is 0.156 e. The second kappa shape index (κ2) is 4.21. The van der Waals surface area contributed by atoms with Gasteiger partial charge in [-0.3, -0.25) is 4.79 Å². The lowest BCUT2D eigenvalue weighted by molar-refractivity contribution is -0.114. The van der Waals surface area contributed by atoms with Gasteiger partial charge in [-0.2, -0.15) is 0 Å². The van der Waals surface area contributed by atoms with E-state index in [4.69, 9.17) is 4.42 Å². The number of carbonyl (C=O) groups excluding carboxylic acids is 1. The first-order valence-electron chi connectivity index (χ1n) is 6.05. The van der Waals surface area contributed by atoms with Gasteiger partial charge in [0.25, 0.3) is 0 Å². The van der Waals surface area contributed by atoms with Crippen LogP contribution >= 0.6 is 0 Å². The van der Waals surface area contributed by atoms with Crippen LogP contribution in [0.15, 0.2) is 40.8 Å². The number of ketones is 1. The van der Waals surface area contributed by atoms with Crippen molar-refractivity contribution >= 4 is 22.3 Å². The second-order valence-electron chi connectivity index (χ2n) is 4.49. The second-order valence-corrected chi connectivity index (χ2v) is 4.49. The molecule has 2 aromatic rings. The van der Waals surface area contributed by atoms with E-state index in [1.54, 1.807) is 6.08 Å². The number of hydrogen-bond donors (Lipinski definition) is 0. The molecule has 1 aliphatic carbocycles. The number of benzene rings is 1. The van der Waals surface area contributed by atoms with Crippen LogP contribution < -0.4 is 0 Å². The van der Waals surface area contributed by atoms with Gasteiger partial charge in [-0.15, -0.1) is 0 Å². The van der Waals surface area contributed by atoms with E-state index in [0.29, 0.717) is 6.42 Å². The highest BCUT2D eigenvalue weighted by Gasteiger charge is 2.13. The first kappa shape index (κ1) is 10.3. The number of hydrogen-bond acceptors (Lipinski definition) is 2. The average Bonchev–Trinajstić information content (AvgIpc) is 2.65. The lowest BCUT2D eigenvalue weighted by Gasteiger charge is -1.99. The summed E-state index contributed by atoms with van der Waals surface area (Å²) < 4.78 is 5.79. The van der Waals surface area contributed by atoms with Crippen molar-refractivity contribution in [2.24, 2.45) is 0 Å². The minimum absolute atomic E-state index is 0.220. The molecular formula is C15H14O2. The maximum absolute atomic E-state index is 11.6. The fourth-order valence-corrected chi connectivity index (χ4v) is 2.29. The molecule has 0 atom stereocenters. The van der Waals surface area contributed by atoms with Crippen molar-refractivity contribution in [3.05, 3.63) is 42.2 Å². The third-order valence-corrected chi connectivity index (χ3v) is 3.20. The molecule has 1 aromatic heterocycles. The normalized spacial score (nSPS) is 16.9. The molecule has 2 nitrogen and oxygen atoms in total. The highest BCUT2D eigenvalue weighted by atomic mass is 16.3. The molecule has 2 heteroatoms. The van der Waals surface area contributed by atoms with E-state index >= 15 is 0 Å². The van der Waals surface area contributed by atoms with Gasteiger partial charge in [-0.25, -0.2) is 0 Å². The number of carbonyl (C=O) groups is 1. The standard InChI is InChI=1S/C15H14O2/c16-13-7-3-1-5-11(9-13)15-10-12-6-2-4-8-14(12)17-15/h2,4,6,8-10H,1,3,5,7H2. The third kappa shape index (κ3) is 2.03. The zero-order valence-corrected chi connectivity index (χ0v) is 9.61. The number of allylic oxidation sites excluding steroid dienone is 2. The van der Waals surface area contributed by atoms with Crippen molar-refractivity contribution in [3.63, 3.8) is 0 Å². The van der Waals surface area contributed by atoms with E-state index < -0.39 is 0 Å². The molecule has 0 saturated heterocycles. The summed E-state index contributed by atoms with van der Waals surface area (Å²) in [5.41, 5.74) is 1.93. The van der Waals surface area contributed by atoms with Crippen LogP contribution in [0.1, 0.15) is 31.4 Å². The van der Waals surface area contributed by atoms with Crippen LogP contribution in [0.25, 0.3) is 16.5 Å².